The van der Waals surface area contributed by atoms with Gasteiger partial charge in [0.25, 0.3) is 0 Å². The first-order chi connectivity index (χ1) is 6.40. The predicted octanol–water partition coefficient (Wildman–Crippen LogP) is 1.66. The van der Waals surface area contributed by atoms with Crippen molar-refractivity contribution in [2.45, 2.75) is 6.54 Å². The molecule has 0 aromatic carbocycles. The minimum atomic E-state index is 0.587. The van der Waals surface area contributed by atoms with Crippen LogP contribution in [-0.2, 0) is 6.54 Å². The first-order valence-corrected chi connectivity index (χ1v) is 4.81. The normalized spacial score (nSPS) is 10.2. The van der Waals surface area contributed by atoms with Gasteiger partial charge in [0.2, 0.25) is 0 Å². The maximum Gasteiger partial charge on any atom is 0.115 e. The molecular formula is C9H9N3S. The molecule has 0 fully saturated rings. The van der Waals surface area contributed by atoms with E-state index < -0.39 is 0 Å². The summed E-state index contributed by atoms with van der Waals surface area (Å²) >= 11 is 1.67. The molecule has 2 heterocycles. The van der Waals surface area contributed by atoms with Crippen LogP contribution in [0.15, 0.2) is 30.2 Å². The second-order valence-corrected chi connectivity index (χ2v) is 3.56. The van der Waals surface area contributed by atoms with Crippen molar-refractivity contribution in [2.24, 2.45) is 5.73 Å². The smallest absolute Gasteiger partial charge is 0.115 e. The molecule has 0 atom stereocenters. The summed E-state index contributed by atoms with van der Waals surface area (Å²) in [5.41, 5.74) is 7.72. The Balaban J connectivity index is 2.36. The zero-order chi connectivity index (χ0) is 9.10. The lowest BCUT2D eigenvalue weighted by molar-refractivity contribution is 1.08. The van der Waals surface area contributed by atoms with E-state index in [4.69, 9.17) is 5.73 Å². The van der Waals surface area contributed by atoms with Crippen LogP contribution < -0.4 is 5.73 Å². The Morgan fingerprint density at radius 3 is 2.69 bits per heavy atom. The van der Waals surface area contributed by atoms with E-state index in [1.807, 2.05) is 0 Å². The third-order valence-electron chi connectivity index (χ3n) is 1.73. The number of nitrogens with two attached hydrogens (primary N) is 1. The van der Waals surface area contributed by atoms with E-state index in [0.717, 1.165) is 11.1 Å². The van der Waals surface area contributed by atoms with E-state index in [2.05, 4.69) is 21.4 Å². The van der Waals surface area contributed by atoms with Crippen molar-refractivity contribution in [2.75, 3.05) is 0 Å². The molecule has 0 saturated heterocycles. The lowest BCUT2D eigenvalue weighted by Gasteiger charge is -1.92. The van der Waals surface area contributed by atoms with Crippen LogP contribution in [0.1, 0.15) is 5.56 Å². The van der Waals surface area contributed by atoms with Gasteiger partial charge in [0.15, 0.2) is 0 Å². The number of aromatic nitrogens is 2. The van der Waals surface area contributed by atoms with Crippen molar-refractivity contribution in [3.8, 4) is 10.4 Å². The molecule has 0 aliphatic rings. The number of nitrogens with zero attached hydrogens (tertiary/aromatic N) is 2. The van der Waals surface area contributed by atoms with E-state index in [0.29, 0.717) is 6.54 Å². The molecule has 0 aliphatic carbocycles. The van der Waals surface area contributed by atoms with Gasteiger partial charge >= 0.3 is 0 Å². The number of thiophene rings is 1. The molecule has 0 amide bonds. The van der Waals surface area contributed by atoms with Crippen molar-refractivity contribution in [3.05, 3.63) is 35.7 Å². The topological polar surface area (TPSA) is 51.8 Å². The van der Waals surface area contributed by atoms with Crippen LogP contribution >= 0.6 is 11.3 Å². The lowest BCUT2D eigenvalue weighted by Crippen LogP contribution is -1.92. The summed E-state index contributed by atoms with van der Waals surface area (Å²) in [4.78, 5) is 9.09. The fourth-order valence-corrected chi connectivity index (χ4v) is 1.96. The fourth-order valence-electron chi connectivity index (χ4n) is 1.06. The summed E-state index contributed by atoms with van der Waals surface area (Å²) in [6.07, 6.45) is 5.14. The molecule has 2 rings (SSSR count). The first-order valence-electron chi connectivity index (χ1n) is 3.93. The zero-order valence-electron chi connectivity index (χ0n) is 6.97. The summed E-state index contributed by atoms with van der Waals surface area (Å²) in [7, 11) is 0. The first kappa shape index (κ1) is 8.34. The number of rotatable bonds is 2. The average Bonchev–Trinajstić information content (AvgIpc) is 2.67. The van der Waals surface area contributed by atoms with Gasteiger partial charge < -0.3 is 5.73 Å². The predicted molar refractivity (Wildman–Crippen MR) is 53.2 cm³/mol. The van der Waals surface area contributed by atoms with Crippen LogP contribution in [0.2, 0.25) is 0 Å². The highest BCUT2D eigenvalue weighted by molar-refractivity contribution is 7.13. The van der Waals surface area contributed by atoms with E-state index in [1.165, 1.54) is 11.2 Å². The van der Waals surface area contributed by atoms with E-state index in [9.17, 15) is 0 Å². The van der Waals surface area contributed by atoms with Crippen LogP contribution in [0.25, 0.3) is 10.4 Å². The molecule has 0 unspecified atom stereocenters. The van der Waals surface area contributed by atoms with Gasteiger partial charge in [-0.25, -0.2) is 9.97 Å². The maximum absolute atomic E-state index is 5.52. The molecule has 0 saturated carbocycles. The Labute approximate surface area is 80.3 Å². The van der Waals surface area contributed by atoms with Crippen molar-refractivity contribution < 1.29 is 0 Å². The summed E-state index contributed by atoms with van der Waals surface area (Å²) in [6.45, 7) is 0.587. The third kappa shape index (κ3) is 1.74. The molecule has 0 radical (unpaired) electrons. The maximum atomic E-state index is 5.52. The number of hydrogen-bond acceptors (Lipinski definition) is 4. The van der Waals surface area contributed by atoms with Gasteiger partial charge in [-0.3, -0.25) is 0 Å². The Hall–Kier alpha value is -1.26. The lowest BCUT2D eigenvalue weighted by atomic mass is 10.2. The van der Waals surface area contributed by atoms with Crippen LogP contribution in [0.3, 0.4) is 0 Å². The minimum Gasteiger partial charge on any atom is -0.326 e. The highest BCUT2D eigenvalue weighted by Crippen LogP contribution is 2.25. The Bertz CT molecular complexity index is 383. The van der Waals surface area contributed by atoms with Crippen LogP contribution in [-0.4, -0.2) is 9.97 Å². The molecule has 2 N–H and O–H groups in total. The van der Waals surface area contributed by atoms with Gasteiger partial charge in [0, 0.05) is 29.4 Å². The molecule has 66 valence electrons. The molecule has 0 spiro atoms. The van der Waals surface area contributed by atoms with Gasteiger partial charge in [0.1, 0.15) is 6.33 Å². The van der Waals surface area contributed by atoms with Crippen molar-refractivity contribution >= 4 is 11.3 Å². The standard InChI is InChI=1S/C9H9N3S/c10-2-7-1-9(13-5-7)8-3-11-6-12-4-8/h1,3-6H,2,10H2. The Morgan fingerprint density at radius 1 is 1.31 bits per heavy atom. The molecule has 0 bridgehead atoms. The van der Waals surface area contributed by atoms with Gasteiger partial charge in [-0.05, 0) is 17.0 Å². The molecule has 2 aromatic rings. The second kappa shape index (κ2) is 3.64. The van der Waals surface area contributed by atoms with Gasteiger partial charge in [0.05, 0.1) is 0 Å². The van der Waals surface area contributed by atoms with E-state index >= 15 is 0 Å². The second-order valence-electron chi connectivity index (χ2n) is 2.65. The summed E-state index contributed by atoms with van der Waals surface area (Å²) in [5.74, 6) is 0. The van der Waals surface area contributed by atoms with Crippen LogP contribution in [0, 0.1) is 0 Å². The molecule has 13 heavy (non-hydrogen) atoms. The largest absolute Gasteiger partial charge is 0.326 e. The molecule has 2 aromatic heterocycles. The SMILES string of the molecule is NCc1csc(-c2cncnc2)c1. The van der Waals surface area contributed by atoms with Gasteiger partial charge in [-0.2, -0.15) is 0 Å². The number of hydrogen-bond donors (Lipinski definition) is 1. The van der Waals surface area contributed by atoms with Crippen molar-refractivity contribution in [3.63, 3.8) is 0 Å². The Kier molecular flexibility index (Phi) is 2.33. The van der Waals surface area contributed by atoms with Crippen molar-refractivity contribution in [1.29, 1.82) is 0 Å². The highest BCUT2D eigenvalue weighted by Gasteiger charge is 2.00. The monoisotopic (exact) mass is 191 g/mol. The zero-order valence-corrected chi connectivity index (χ0v) is 7.79. The fraction of sp³-hybridized carbons (Fsp3) is 0.111. The van der Waals surface area contributed by atoms with Gasteiger partial charge in [-0.15, -0.1) is 11.3 Å². The molecule has 0 aliphatic heterocycles. The van der Waals surface area contributed by atoms with E-state index in [-0.39, 0.29) is 0 Å². The van der Waals surface area contributed by atoms with Crippen LogP contribution in [0.5, 0.6) is 0 Å². The quantitative estimate of drug-likeness (QED) is 0.785. The van der Waals surface area contributed by atoms with Gasteiger partial charge in [-0.1, -0.05) is 0 Å². The summed E-state index contributed by atoms with van der Waals surface area (Å²) in [5, 5.41) is 2.06. The van der Waals surface area contributed by atoms with Crippen LogP contribution in [0.4, 0.5) is 0 Å². The third-order valence-corrected chi connectivity index (χ3v) is 2.76. The molecular weight excluding hydrogens is 182 g/mol. The molecule has 3 nitrogen and oxygen atoms in total. The average molecular weight is 191 g/mol. The summed E-state index contributed by atoms with van der Waals surface area (Å²) in [6, 6.07) is 2.07. The minimum absolute atomic E-state index is 0.587. The molecule has 4 heteroatoms. The highest BCUT2D eigenvalue weighted by atomic mass is 32.1. The summed E-state index contributed by atoms with van der Waals surface area (Å²) < 4.78 is 0. The Morgan fingerprint density at radius 2 is 2.08 bits per heavy atom. The van der Waals surface area contributed by atoms with E-state index in [1.54, 1.807) is 23.7 Å². The van der Waals surface area contributed by atoms with Crippen molar-refractivity contribution in [1.82, 2.24) is 9.97 Å².